The van der Waals surface area contributed by atoms with E-state index in [0.29, 0.717) is 5.75 Å². The van der Waals surface area contributed by atoms with Gasteiger partial charge in [0.25, 0.3) is 0 Å². The van der Waals surface area contributed by atoms with Crippen LogP contribution in [0.25, 0.3) is 0 Å². The Morgan fingerprint density at radius 1 is 1.14 bits per heavy atom. The van der Waals surface area contributed by atoms with Crippen LogP contribution >= 0.6 is 15.9 Å². The molecule has 0 spiro atoms. The van der Waals surface area contributed by atoms with Crippen LogP contribution in [0.1, 0.15) is 36.1 Å². The van der Waals surface area contributed by atoms with E-state index in [9.17, 15) is 10.2 Å². The summed E-state index contributed by atoms with van der Waals surface area (Å²) in [6, 6.07) is 9.24. The highest BCUT2D eigenvalue weighted by Crippen LogP contribution is 2.35. The Kier molecular flexibility index (Phi) is 4.78. The second-order valence-electron chi connectivity index (χ2n) is 5.21. The summed E-state index contributed by atoms with van der Waals surface area (Å²) < 4.78 is 0.930. The van der Waals surface area contributed by atoms with Gasteiger partial charge in [0.15, 0.2) is 0 Å². The number of phenolic OH excluding ortho intramolecular Hbond substituents is 2. The lowest BCUT2D eigenvalue weighted by Crippen LogP contribution is -2.11. The van der Waals surface area contributed by atoms with Gasteiger partial charge in [-0.05, 0) is 50.1 Å². The highest BCUT2D eigenvalue weighted by molar-refractivity contribution is 9.10. The first-order valence-corrected chi connectivity index (χ1v) is 7.77. The molecular formula is C17H20BrNO2. The van der Waals surface area contributed by atoms with Crippen molar-refractivity contribution in [2.45, 2.75) is 33.2 Å². The number of anilines is 1. The van der Waals surface area contributed by atoms with Gasteiger partial charge in [-0.15, -0.1) is 0 Å². The molecule has 0 saturated heterocycles. The standard InChI is InChI=1S/C17H20BrNO2/c1-4-14(13-9-12(18)6-8-16(13)20)19-15-7-5-10(2)17(21)11(15)3/h5-9,14,19-21H,4H2,1-3H3. The molecule has 21 heavy (non-hydrogen) atoms. The van der Waals surface area contributed by atoms with Gasteiger partial charge in [0.05, 0.1) is 6.04 Å². The number of halogens is 1. The molecule has 0 aliphatic heterocycles. The zero-order valence-corrected chi connectivity index (χ0v) is 14.0. The first-order valence-electron chi connectivity index (χ1n) is 6.98. The topological polar surface area (TPSA) is 52.5 Å². The van der Waals surface area contributed by atoms with Gasteiger partial charge in [-0.25, -0.2) is 0 Å². The second-order valence-corrected chi connectivity index (χ2v) is 6.13. The Morgan fingerprint density at radius 3 is 2.52 bits per heavy atom. The molecule has 0 heterocycles. The van der Waals surface area contributed by atoms with Crippen LogP contribution in [0.2, 0.25) is 0 Å². The molecule has 2 aromatic rings. The summed E-state index contributed by atoms with van der Waals surface area (Å²) in [5.74, 6) is 0.583. The lowest BCUT2D eigenvalue weighted by atomic mass is 10.0. The van der Waals surface area contributed by atoms with E-state index in [1.807, 2.05) is 38.1 Å². The van der Waals surface area contributed by atoms with E-state index < -0.39 is 0 Å². The molecule has 1 atom stereocenters. The van der Waals surface area contributed by atoms with Crippen LogP contribution in [0.4, 0.5) is 5.69 Å². The van der Waals surface area contributed by atoms with Crippen molar-refractivity contribution >= 4 is 21.6 Å². The summed E-state index contributed by atoms with van der Waals surface area (Å²) in [5, 5.41) is 23.5. The molecule has 0 radical (unpaired) electrons. The predicted octanol–water partition coefficient (Wildman–Crippen LogP) is 5.04. The molecule has 0 aliphatic rings. The van der Waals surface area contributed by atoms with E-state index >= 15 is 0 Å². The predicted molar refractivity (Wildman–Crippen MR) is 90.0 cm³/mol. The minimum absolute atomic E-state index is 0.0247. The summed E-state index contributed by atoms with van der Waals surface area (Å²) in [6.45, 7) is 5.82. The lowest BCUT2D eigenvalue weighted by molar-refractivity contribution is 0.462. The smallest absolute Gasteiger partial charge is 0.123 e. The third kappa shape index (κ3) is 3.32. The first kappa shape index (κ1) is 15.7. The molecule has 3 nitrogen and oxygen atoms in total. The SMILES string of the molecule is CCC(Nc1ccc(C)c(O)c1C)c1cc(Br)ccc1O. The number of hydrogen-bond donors (Lipinski definition) is 3. The summed E-state index contributed by atoms with van der Waals surface area (Å²) in [5.41, 5.74) is 3.40. The molecule has 2 rings (SSSR count). The van der Waals surface area contributed by atoms with E-state index in [-0.39, 0.29) is 11.8 Å². The van der Waals surface area contributed by atoms with Crippen molar-refractivity contribution in [3.05, 3.63) is 51.5 Å². The number of hydrogen-bond acceptors (Lipinski definition) is 3. The molecule has 4 heteroatoms. The zero-order chi connectivity index (χ0) is 15.6. The van der Waals surface area contributed by atoms with Crippen LogP contribution in [0, 0.1) is 13.8 Å². The largest absolute Gasteiger partial charge is 0.508 e. The van der Waals surface area contributed by atoms with Gasteiger partial charge in [0.2, 0.25) is 0 Å². The second kappa shape index (κ2) is 6.39. The fourth-order valence-corrected chi connectivity index (χ4v) is 2.76. The number of benzene rings is 2. The minimum atomic E-state index is -0.0247. The number of nitrogens with one attached hydrogen (secondary N) is 1. The van der Waals surface area contributed by atoms with E-state index in [2.05, 4.69) is 28.2 Å². The molecule has 3 N–H and O–H groups in total. The summed E-state index contributed by atoms with van der Waals surface area (Å²) >= 11 is 3.44. The number of aromatic hydroxyl groups is 2. The molecule has 0 saturated carbocycles. The summed E-state index contributed by atoms with van der Waals surface area (Å²) in [6.07, 6.45) is 0.818. The Morgan fingerprint density at radius 2 is 1.86 bits per heavy atom. The fourth-order valence-electron chi connectivity index (χ4n) is 2.38. The molecule has 1 unspecified atom stereocenters. The summed E-state index contributed by atoms with van der Waals surface area (Å²) in [7, 11) is 0. The van der Waals surface area contributed by atoms with E-state index in [4.69, 9.17) is 0 Å². The Hall–Kier alpha value is -1.68. The third-order valence-electron chi connectivity index (χ3n) is 3.74. The van der Waals surface area contributed by atoms with Crippen molar-refractivity contribution in [1.29, 1.82) is 0 Å². The normalized spacial score (nSPS) is 12.2. The quantitative estimate of drug-likeness (QED) is 0.724. The van der Waals surface area contributed by atoms with E-state index in [1.54, 1.807) is 6.07 Å². The monoisotopic (exact) mass is 349 g/mol. The van der Waals surface area contributed by atoms with Crippen molar-refractivity contribution in [3.63, 3.8) is 0 Å². The average Bonchev–Trinajstić information content (AvgIpc) is 2.47. The maximum absolute atomic E-state index is 10.1. The average molecular weight is 350 g/mol. The van der Waals surface area contributed by atoms with Crippen LogP contribution in [0.5, 0.6) is 11.5 Å². The lowest BCUT2D eigenvalue weighted by Gasteiger charge is -2.22. The molecule has 2 aromatic carbocycles. The Bertz CT molecular complexity index is 655. The van der Waals surface area contributed by atoms with Crippen LogP contribution in [0.15, 0.2) is 34.8 Å². The van der Waals surface area contributed by atoms with Crippen molar-refractivity contribution < 1.29 is 10.2 Å². The molecular weight excluding hydrogens is 330 g/mol. The maximum Gasteiger partial charge on any atom is 0.123 e. The van der Waals surface area contributed by atoms with Gasteiger partial charge in [-0.3, -0.25) is 0 Å². The molecule has 0 aromatic heterocycles. The highest BCUT2D eigenvalue weighted by Gasteiger charge is 2.16. The van der Waals surface area contributed by atoms with Crippen molar-refractivity contribution in [2.75, 3.05) is 5.32 Å². The van der Waals surface area contributed by atoms with Crippen molar-refractivity contribution in [1.82, 2.24) is 0 Å². The van der Waals surface area contributed by atoms with Gasteiger partial charge in [0, 0.05) is 21.3 Å². The van der Waals surface area contributed by atoms with Gasteiger partial charge in [0.1, 0.15) is 11.5 Å². The van der Waals surface area contributed by atoms with Gasteiger partial charge in [-0.2, -0.15) is 0 Å². The first-order chi connectivity index (χ1) is 9.93. The highest BCUT2D eigenvalue weighted by atomic mass is 79.9. The van der Waals surface area contributed by atoms with Crippen LogP contribution < -0.4 is 5.32 Å². The molecule has 0 aliphatic carbocycles. The molecule has 0 fully saturated rings. The molecule has 0 amide bonds. The number of aryl methyl sites for hydroxylation is 1. The van der Waals surface area contributed by atoms with E-state index in [1.165, 1.54) is 0 Å². The Labute approximate surface area is 133 Å². The van der Waals surface area contributed by atoms with Crippen LogP contribution in [-0.2, 0) is 0 Å². The Balaban J connectivity index is 2.36. The minimum Gasteiger partial charge on any atom is -0.508 e. The van der Waals surface area contributed by atoms with Gasteiger partial charge in [-0.1, -0.05) is 28.9 Å². The van der Waals surface area contributed by atoms with Crippen molar-refractivity contribution in [3.8, 4) is 11.5 Å². The van der Waals surface area contributed by atoms with Gasteiger partial charge < -0.3 is 15.5 Å². The van der Waals surface area contributed by atoms with Crippen LogP contribution in [0.3, 0.4) is 0 Å². The maximum atomic E-state index is 10.1. The summed E-state index contributed by atoms with van der Waals surface area (Å²) in [4.78, 5) is 0. The van der Waals surface area contributed by atoms with Crippen LogP contribution in [-0.4, -0.2) is 10.2 Å². The molecule has 112 valence electrons. The molecule has 0 bridgehead atoms. The number of rotatable bonds is 4. The van der Waals surface area contributed by atoms with E-state index in [0.717, 1.165) is 33.3 Å². The third-order valence-corrected chi connectivity index (χ3v) is 4.23. The fraction of sp³-hybridized carbons (Fsp3) is 0.294. The zero-order valence-electron chi connectivity index (χ0n) is 12.4. The number of phenols is 2. The van der Waals surface area contributed by atoms with Gasteiger partial charge >= 0.3 is 0 Å². The van der Waals surface area contributed by atoms with Crippen molar-refractivity contribution in [2.24, 2.45) is 0 Å².